The lowest BCUT2D eigenvalue weighted by Gasteiger charge is -2.33. The molecule has 0 unspecified atom stereocenters. The molecular weight excluding hydrogens is 382 g/mol. The van der Waals surface area contributed by atoms with Gasteiger partial charge in [0.2, 0.25) is 11.8 Å². The molecule has 3 rings (SSSR count). The van der Waals surface area contributed by atoms with Gasteiger partial charge in [0.05, 0.1) is 5.56 Å². The minimum absolute atomic E-state index is 0.263. The van der Waals surface area contributed by atoms with Crippen LogP contribution in [-0.4, -0.2) is 47.8 Å². The van der Waals surface area contributed by atoms with Gasteiger partial charge in [-0.05, 0) is 50.5 Å². The van der Waals surface area contributed by atoms with Crippen molar-refractivity contribution in [2.75, 3.05) is 18.5 Å². The van der Waals surface area contributed by atoms with E-state index in [1.54, 1.807) is 0 Å². The zero-order valence-corrected chi connectivity index (χ0v) is 16.7. The van der Waals surface area contributed by atoms with Gasteiger partial charge in [-0.15, -0.1) is 11.3 Å². The van der Waals surface area contributed by atoms with Crippen molar-refractivity contribution in [2.45, 2.75) is 57.9 Å². The number of hydrogen-bond acceptors (Lipinski definition) is 6. The van der Waals surface area contributed by atoms with Crippen LogP contribution in [0.15, 0.2) is 0 Å². The molecule has 3 amide bonds. The van der Waals surface area contributed by atoms with Crippen LogP contribution < -0.4 is 11.1 Å². The zero-order chi connectivity index (χ0) is 20.3. The van der Waals surface area contributed by atoms with E-state index in [-0.39, 0.29) is 5.91 Å². The molecule has 28 heavy (non-hydrogen) atoms. The van der Waals surface area contributed by atoms with E-state index in [0.29, 0.717) is 23.5 Å². The molecule has 152 valence electrons. The van der Waals surface area contributed by atoms with Gasteiger partial charge in [0.25, 0.3) is 5.91 Å². The maximum Gasteiger partial charge on any atom is 0.341 e. The first-order valence-corrected chi connectivity index (χ1v) is 10.4. The lowest BCUT2D eigenvalue weighted by atomic mass is 9.95. The maximum absolute atomic E-state index is 12.8. The summed E-state index contributed by atoms with van der Waals surface area (Å²) in [5.74, 6) is -1.85. The zero-order valence-electron chi connectivity index (χ0n) is 15.9. The summed E-state index contributed by atoms with van der Waals surface area (Å²) in [6.45, 7) is 1.36. The number of rotatable bonds is 5. The van der Waals surface area contributed by atoms with Crippen LogP contribution >= 0.6 is 11.3 Å². The lowest BCUT2D eigenvalue weighted by molar-refractivity contribution is -0.143. The highest BCUT2D eigenvalue weighted by Crippen LogP contribution is 2.38. The van der Waals surface area contributed by atoms with Crippen molar-refractivity contribution in [1.29, 1.82) is 0 Å². The van der Waals surface area contributed by atoms with Gasteiger partial charge in [0.1, 0.15) is 11.0 Å². The average Bonchev–Trinajstić information content (AvgIpc) is 3.02. The highest BCUT2D eigenvalue weighted by atomic mass is 32.1. The Labute approximate surface area is 167 Å². The molecule has 0 bridgehead atoms. The number of fused-ring (bicyclic) bond motifs is 1. The van der Waals surface area contributed by atoms with Crippen LogP contribution in [-0.2, 0) is 32.0 Å². The van der Waals surface area contributed by atoms with Crippen LogP contribution in [0.4, 0.5) is 5.00 Å². The van der Waals surface area contributed by atoms with Gasteiger partial charge < -0.3 is 20.7 Å². The van der Waals surface area contributed by atoms with Crippen molar-refractivity contribution in [3.05, 3.63) is 16.0 Å². The van der Waals surface area contributed by atoms with Crippen LogP contribution in [0.3, 0.4) is 0 Å². The predicted molar refractivity (Wildman–Crippen MR) is 104 cm³/mol. The van der Waals surface area contributed by atoms with E-state index in [0.717, 1.165) is 49.0 Å². The van der Waals surface area contributed by atoms with Crippen LogP contribution in [0.5, 0.6) is 0 Å². The molecule has 1 aliphatic heterocycles. The Kier molecular flexibility index (Phi) is 6.33. The molecule has 8 nitrogen and oxygen atoms in total. The second-order valence-corrected chi connectivity index (χ2v) is 8.28. The molecule has 1 fully saturated rings. The van der Waals surface area contributed by atoms with Gasteiger partial charge in [0, 0.05) is 18.3 Å². The fourth-order valence-electron chi connectivity index (χ4n) is 3.84. The first-order chi connectivity index (χ1) is 13.4. The third-order valence-corrected chi connectivity index (χ3v) is 6.35. The van der Waals surface area contributed by atoms with Crippen molar-refractivity contribution in [2.24, 2.45) is 5.73 Å². The van der Waals surface area contributed by atoms with Gasteiger partial charge >= 0.3 is 5.97 Å². The van der Waals surface area contributed by atoms with Crippen LogP contribution in [0.25, 0.3) is 0 Å². The molecule has 0 spiro atoms. The Bertz CT molecular complexity index is 804. The molecule has 9 heteroatoms. The number of esters is 1. The Hall–Kier alpha value is -2.42. The van der Waals surface area contributed by atoms with Gasteiger partial charge in [0.15, 0.2) is 6.61 Å². The summed E-state index contributed by atoms with van der Waals surface area (Å²) in [4.78, 5) is 50.8. The summed E-state index contributed by atoms with van der Waals surface area (Å²) in [6.07, 6.45) is 5.78. The summed E-state index contributed by atoms with van der Waals surface area (Å²) in [5.41, 5.74) is 6.65. The summed E-state index contributed by atoms with van der Waals surface area (Å²) >= 11 is 1.40. The van der Waals surface area contributed by atoms with Crippen molar-refractivity contribution < 1.29 is 23.9 Å². The van der Waals surface area contributed by atoms with Crippen molar-refractivity contribution >= 4 is 40.0 Å². The Morgan fingerprint density at radius 1 is 1.18 bits per heavy atom. The van der Waals surface area contributed by atoms with Gasteiger partial charge in [-0.25, -0.2) is 4.79 Å². The maximum atomic E-state index is 12.8. The normalized spacial score (nSPS) is 18.9. The SMILES string of the molecule is CC(=O)Nc1sc2c(c1C(=O)OCC(=O)N1CCCC[C@@H]1C(N)=O)CCCC2. The number of nitrogens with two attached hydrogens (primary N) is 1. The Morgan fingerprint density at radius 3 is 2.64 bits per heavy atom. The minimum Gasteiger partial charge on any atom is -0.452 e. The largest absolute Gasteiger partial charge is 0.452 e. The molecule has 0 radical (unpaired) electrons. The lowest BCUT2D eigenvalue weighted by Crippen LogP contribution is -2.51. The van der Waals surface area contributed by atoms with Crippen LogP contribution in [0.1, 0.15) is 59.8 Å². The van der Waals surface area contributed by atoms with E-state index in [9.17, 15) is 19.2 Å². The summed E-state index contributed by atoms with van der Waals surface area (Å²) in [5, 5.41) is 3.18. The summed E-state index contributed by atoms with van der Waals surface area (Å²) < 4.78 is 5.29. The van der Waals surface area contributed by atoms with Crippen molar-refractivity contribution in [1.82, 2.24) is 4.90 Å². The number of carbonyl (C=O) groups is 4. The Morgan fingerprint density at radius 2 is 1.93 bits per heavy atom. The topological polar surface area (TPSA) is 119 Å². The number of amides is 3. The molecule has 0 saturated carbocycles. The number of piperidine rings is 1. The van der Waals surface area contributed by atoms with Crippen molar-refractivity contribution in [3.63, 3.8) is 0 Å². The van der Waals surface area contributed by atoms with Crippen molar-refractivity contribution in [3.8, 4) is 0 Å². The summed E-state index contributed by atoms with van der Waals surface area (Å²) in [7, 11) is 0. The first-order valence-electron chi connectivity index (χ1n) is 9.56. The number of primary amides is 1. The number of nitrogens with zero attached hydrogens (tertiary/aromatic N) is 1. The highest BCUT2D eigenvalue weighted by Gasteiger charge is 2.32. The molecule has 1 saturated heterocycles. The molecule has 0 aromatic carbocycles. The minimum atomic E-state index is -0.649. The average molecular weight is 407 g/mol. The number of ether oxygens (including phenoxy) is 1. The number of carbonyl (C=O) groups excluding carboxylic acids is 4. The fraction of sp³-hybridized carbons (Fsp3) is 0.579. The first kappa shape index (κ1) is 20.3. The number of hydrogen-bond donors (Lipinski definition) is 2. The number of nitrogens with one attached hydrogen (secondary N) is 1. The van der Waals surface area contributed by atoms with E-state index in [2.05, 4.69) is 5.32 Å². The standard InChI is InChI=1S/C19H25N3O5S/c1-11(23)21-18-16(12-6-2-3-8-14(12)28-18)19(26)27-10-15(24)22-9-5-4-7-13(22)17(20)25/h13H,2-10H2,1H3,(H2,20,25)(H,21,23)/t13-/m1/s1. The Balaban J connectivity index is 1.72. The molecule has 3 N–H and O–H groups in total. The van der Waals surface area contributed by atoms with Gasteiger partial charge in [-0.3, -0.25) is 14.4 Å². The highest BCUT2D eigenvalue weighted by molar-refractivity contribution is 7.17. The third kappa shape index (κ3) is 4.35. The second kappa shape index (κ2) is 8.72. The van der Waals surface area contributed by atoms with E-state index >= 15 is 0 Å². The molecular formula is C19H25N3O5S. The van der Waals surface area contributed by atoms with E-state index in [1.807, 2.05) is 0 Å². The third-order valence-electron chi connectivity index (χ3n) is 5.14. The number of likely N-dealkylation sites (tertiary alicyclic amines) is 1. The van der Waals surface area contributed by atoms with Crippen LogP contribution in [0, 0.1) is 0 Å². The molecule has 2 aliphatic rings. The predicted octanol–water partition coefficient (Wildman–Crippen LogP) is 1.61. The van der Waals surface area contributed by atoms with Crippen LogP contribution in [0.2, 0.25) is 0 Å². The molecule has 1 aliphatic carbocycles. The molecule has 1 aromatic heterocycles. The quantitative estimate of drug-likeness (QED) is 0.719. The second-order valence-electron chi connectivity index (χ2n) is 7.17. The van der Waals surface area contributed by atoms with E-state index in [1.165, 1.54) is 23.2 Å². The van der Waals surface area contributed by atoms with E-state index in [4.69, 9.17) is 10.5 Å². The number of thiophene rings is 1. The smallest absolute Gasteiger partial charge is 0.341 e. The fourth-order valence-corrected chi connectivity index (χ4v) is 5.16. The van der Waals surface area contributed by atoms with Gasteiger partial charge in [-0.2, -0.15) is 0 Å². The van der Waals surface area contributed by atoms with E-state index < -0.39 is 30.4 Å². The number of aryl methyl sites for hydroxylation is 1. The monoisotopic (exact) mass is 407 g/mol. The molecule has 1 atom stereocenters. The number of anilines is 1. The summed E-state index contributed by atoms with van der Waals surface area (Å²) in [6, 6.07) is -0.649. The van der Waals surface area contributed by atoms with Gasteiger partial charge in [-0.1, -0.05) is 0 Å². The molecule has 1 aromatic rings. The molecule has 2 heterocycles.